The van der Waals surface area contributed by atoms with Crippen LogP contribution in [0.3, 0.4) is 0 Å². The molecule has 1 aliphatic rings. The lowest BCUT2D eigenvalue weighted by Crippen LogP contribution is -2.64. The smallest absolute Gasteiger partial charge is 0.275 e. The van der Waals surface area contributed by atoms with Crippen LogP contribution in [0.25, 0.3) is 22.5 Å². The second-order valence-electron chi connectivity index (χ2n) is 9.04. The highest BCUT2D eigenvalue weighted by atomic mass is 16.7. The average molecular weight is 453 g/mol. The van der Waals surface area contributed by atoms with E-state index in [4.69, 9.17) is 9.47 Å². The molecule has 0 spiro atoms. The maximum absolute atomic E-state index is 6.30. The van der Waals surface area contributed by atoms with Gasteiger partial charge in [0.2, 0.25) is 17.9 Å². The highest BCUT2D eigenvalue weighted by Gasteiger charge is 2.57. The highest BCUT2D eigenvalue weighted by molar-refractivity contribution is 5.64. The minimum absolute atomic E-state index is 0.123. The van der Waals surface area contributed by atoms with E-state index in [0.29, 0.717) is 6.54 Å². The summed E-state index contributed by atoms with van der Waals surface area (Å²) >= 11 is 0. The normalized spacial score (nSPS) is 16.1. The van der Waals surface area contributed by atoms with Crippen LogP contribution in [0.15, 0.2) is 84.9 Å². The quantitative estimate of drug-likeness (QED) is 0.306. The van der Waals surface area contributed by atoms with Crippen molar-refractivity contribution in [3.8, 4) is 22.5 Å². The molecule has 2 aromatic carbocycles. The van der Waals surface area contributed by atoms with E-state index in [2.05, 4.69) is 115 Å². The van der Waals surface area contributed by atoms with E-state index in [1.165, 1.54) is 33.9 Å². The van der Waals surface area contributed by atoms with Gasteiger partial charge in [0.15, 0.2) is 11.4 Å². The Labute approximate surface area is 202 Å². The second kappa shape index (κ2) is 8.79. The summed E-state index contributed by atoms with van der Waals surface area (Å²) in [6.07, 6.45) is 0. The van der Waals surface area contributed by atoms with Crippen LogP contribution in [-0.2, 0) is 21.8 Å². The Bertz CT molecular complexity index is 1360. The second-order valence-corrected chi connectivity index (χ2v) is 9.04. The van der Waals surface area contributed by atoms with Gasteiger partial charge < -0.3 is 9.47 Å². The topological polar surface area (TPSA) is 26.2 Å². The fraction of sp³-hybridized carbons (Fsp3) is 0.267. The summed E-state index contributed by atoms with van der Waals surface area (Å²) in [5, 5.41) is 0. The molecule has 1 unspecified atom stereocenters. The van der Waals surface area contributed by atoms with Crippen molar-refractivity contribution in [2.45, 2.75) is 39.1 Å². The van der Waals surface area contributed by atoms with Crippen LogP contribution in [0.2, 0.25) is 0 Å². The van der Waals surface area contributed by atoms with Crippen molar-refractivity contribution >= 4 is 0 Å². The molecule has 4 heteroatoms. The van der Waals surface area contributed by atoms with E-state index in [1.807, 2.05) is 0 Å². The number of hydrogen-bond acceptors (Lipinski definition) is 2. The lowest BCUT2D eigenvalue weighted by molar-refractivity contribution is -0.814. The van der Waals surface area contributed by atoms with E-state index < -0.39 is 5.79 Å². The lowest BCUT2D eigenvalue weighted by atomic mass is 9.86. The first-order chi connectivity index (χ1) is 16.5. The van der Waals surface area contributed by atoms with Crippen LogP contribution < -0.4 is 9.13 Å². The van der Waals surface area contributed by atoms with Crippen molar-refractivity contribution in [3.63, 3.8) is 0 Å². The molecule has 2 aromatic heterocycles. The third-order valence-corrected chi connectivity index (χ3v) is 7.25. The van der Waals surface area contributed by atoms with Crippen molar-refractivity contribution < 1.29 is 18.6 Å². The van der Waals surface area contributed by atoms with Crippen LogP contribution >= 0.6 is 0 Å². The van der Waals surface area contributed by atoms with Gasteiger partial charge >= 0.3 is 0 Å². The number of aryl methyl sites for hydroxylation is 3. The van der Waals surface area contributed by atoms with E-state index in [1.54, 1.807) is 14.2 Å². The van der Waals surface area contributed by atoms with E-state index >= 15 is 0 Å². The monoisotopic (exact) mass is 452 g/mol. The molecule has 0 N–H and O–H groups in total. The van der Waals surface area contributed by atoms with Crippen LogP contribution in [0.5, 0.6) is 0 Å². The maximum Gasteiger partial charge on any atom is 0.275 e. The van der Waals surface area contributed by atoms with Gasteiger partial charge in [-0.25, -0.2) is 0 Å². The molecule has 34 heavy (non-hydrogen) atoms. The molecular formula is C30H32N2O2+2. The van der Waals surface area contributed by atoms with Gasteiger partial charge in [-0.3, -0.25) is 0 Å². The molecule has 0 aliphatic carbocycles. The van der Waals surface area contributed by atoms with Crippen molar-refractivity contribution in [1.29, 1.82) is 0 Å². The van der Waals surface area contributed by atoms with E-state index in [9.17, 15) is 0 Å². The van der Waals surface area contributed by atoms with Gasteiger partial charge in [-0.1, -0.05) is 36.4 Å². The molecular weight excluding hydrogens is 420 g/mol. The van der Waals surface area contributed by atoms with Crippen LogP contribution in [0, 0.1) is 20.8 Å². The number of pyridine rings is 2. The molecule has 4 nitrogen and oxygen atoms in total. The summed E-state index contributed by atoms with van der Waals surface area (Å²) in [7, 11) is 3.50. The fourth-order valence-corrected chi connectivity index (χ4v) is 5.56. The number of hydrogen-bond donors (Lipinski definition) is 0. The lowest BCUT2D eigenvalue weighted by Gasteiger charge is -2.38. The van der Waals surface area contributed by atoms with Crippen molar-refractivity contribution in [3.05, 3.63) is 107 Å². The van der Waals surface area contributed by atoms with Gasteiger partial charge in [-0.15, -0.1) is 0 Å². The molecule has 172 valence electrons. The molecule has 0 radical (unpaired) electrons. The Morgan fingerprint density at radius 2 is 1.29 bits per heavy atom. The number of benzene rings is 2. The Morgan fingerprint density at radius 1 is 0.676 bits per heavy atom. The molecule has 0 bridgehead atoms. The van der Waals surface area contributed by atoms with Crippen LogP contribution in [0.4, 0.5) is 0 Å². The third-order valence-electron chi connectivity index (χ3n) is 7.25. The molecule has 0 fully saturated rings. The third kappa shape index (κ3) is 3.37. The summed E-state index contributed by atoms with van der Waals surface area (Å²) in [5.41, 5.74) is 9.41. The van der Waals surface area contributed by atoms with Crippen LogP contribution in [0.1, 0.15) is 28.6 Å². The first-order valence-corrected chi connectivity index (χ1v) is 11.8. The van der Waals surface area contributed by atoms with Gasteiger partial charge in [0.25, 0.3) is 11.8 Å². The number of aromatic nitrogens is 2. The Kier molecular flexibility index (Phi) is 5.80. The summed E-state index contributed by atoms with van der Waals surface area (Å²) in [6.45, 7) is 7.19. The highest BCUT2D eigenvalue weighted by Crippen LogP contribution is 2.44. The summed E-state index contributed by atoms with van der Waals surface area (Å²) in [4.78, 5) is 0. The predicted molar refractivity (Wildman–Crippen MR) is 133 cm³/mol. The number of methoxy groups -OCH3 is 2. The molecule has 0 saturated heterocycles. The number of rotatable bonds is 5. The van der Waals surface area contributed by atoms with Crippen molar-refractivity contribution in [1.82, 2.24) is 0 Å². The van der Waals surface area contributed by atoms with E-state index in [0.717, 1.165) is 11.1 Å². The van der Waals surface area contributed by atoms with Gasteiger partial charge in [0.1, 0.15) is 0 Å². The van der Waals surface area contributed by atoms with Gasteiger partial charge in [-0.2, -0.15) is 9.13 Å². The molecule has 4 aromatic rings. The maximum atomic E-state index is 6.30. The minimum atomic E-state index is -0.932. The largest absolute Gasteiger partial charge is 0.344 e. The minimum Gasteiger partial charge on any atom is -0.344 e. The standard InChI is InChI=1S/C30H32N2O2/c1-21-12-6-7-15-24(21)27-18-10-13-22(2)31(27)20-29-30(33-4,34-5)26-17-9-8-16-25(26)28-19-11-14-23(3)32(28)29/h6-19,29H,20H2,1-5H3/q+2. The molecule has 1 atom stereocenters. The van der Waals surface area contributed by atoms with Gasteiger partial charge in [0.05, 0.1) is 5.56 Å². The predicted octanol–water partition coefficient (Wildman–Crippen LogP) is 5.22. The van der Waals surface area contributed by atoms with Gasteiger partial charge in [-0.05, 0) is 36.8 Å². The van der Waals surface area contributed by atoms with Gasteiger partial charge in [0, 0.05) is 63.5 Å². The number of fused-ring (bicyclic) bond motifs is 3. The first-order valence-electron chi connectivity index (χ1n) is 11.8. The Balaban J connectivity index is 1.77. The number of nitrogens with zero attached hydrogens (tertiary/aromatic N) is 2. The summed E-state index contributed by atoms with van der Waals surface area (Å²) in [5.74, 6) is -0.932. The molecule has 5 rings (SSSR count). The van der Waals surface area contributed by atoms with Crippen molar-refractivity contribution in [2.24, 2.45) is 0 Å². The molecule has 3 heterocycles. The zero-order chi connectivity index (χ0) is 23.9. The summed E-state index contributed by atoms with van der Waals surface area (Å²) in [6, 6.07) is 29.9. The van der Waals surface area contributed by atoms with Crippen molar-refractivity contribution in [2.75, 3.05) is 14.2 Å². The zero-order valence-corrected chi connectivity index (χ0v) is 20.6. The molecule has 0 saturated carbocycles. The molecule has 0 amide bonds. The SMILES string of the molecule is COC1(OC)c2ccccc2-c2cccc(C)[n+]2C1C[n+]1c(C)cccc1-c1ccccc1C. The Morgan fingerprint density at radius 3 is 2.00 bits per heavy atom. The fourth-order valence-electron chi connectivity index (χ4n) is 5.56. The summed E-state index contributed by atoms with van der Waals surface area (Å²) < 4.78 is 17.4. The van der Waals surface area contributed by atoms with Crippen LogP contribution in [-0.4, -0.2) is 14.2 Å². The Hall–Kier alpha value is -3.34. The average Bonchev–Trinajstić information content (AvgIpc) is 2.86. The molecule has 1 aliphatic heterocycles. The number of ether oxygens (including phenoxy) is 2. The first kappa shape index (κ1) is 22.5. The van der Waals surface area contributed by atoms with E-state index in [-0.39, 0.29) is 6.04 Å². The zero-order valence-electron chi connectivity index (χ0n) is 20.6.